The van der Waals surface area contributed by atoms with Gasteiger partial charge in [0.25, 0.3) is 0 Å². The Bertz CT molecular complexity index is 1140. The fourth-order valence-corrected chi connectivity index (χ4v) is 4.17. The van der Waals surface area contributed by atoms with Gasteiger partial charge >= 0.3 is 6.18 Å². The first-order valence-corrected chi connectivity index (χ1v) is 11.2. The smallest absolute Gasteiger partial charge is 0.385 e. The summed E-state index contributed by atoms with van der Waals surface area (Å²) in [6.07, 6.45) is -0.776. The molecule has 3 aromatic rings. The number of aliphatic hydroxyl groups is 1. The zero-order valence-electron chi connectivity index (χ0n) is 18.8. The van der Waals surface area contributed by atoms with Crippen molar-refractivity contribution in [2.45, 2.75) is 70.7 Å². The first-order valence-electron chi connectivity index (χ1n) is 10.9. The average Bonchev–Trinajstić information content (AvgIpc) is 3.01. The SMILES string of the molecule is CCC(=O)CC(C)(O)c1ccccc1Cl.Cc1nc2ccc(C(F)(F)F)nc2n1C1CCC1. The minimum atomic E-state index is -4.41. The number of alkyl halides is 3. The molecule has 5 nitrogen and oxygen atoms in total. The number of nitrogens with zero attached hydrogens (tertiary/aromatic N) is 3. The molecule has 0 radical (unpaired) electrons. The topological polar surface area (TPSA) is 68.0 Å². The summed E-state index contributed by atoms with van der Waals surface area (Å²) in [6.45, 7) is 5.21. The number of benzene rings is 1. The maximum Gasteiger partial charge on any atom is 0.433 e. The number of carbonyl (C=O) groups is 1. The Morgan fingerprint density at radius 2 is 1.85 bits per heavy atom. The Labute approximate surface area is 195 Å². The summed E-state index contributed by atoms with van der Waals surface area (Å²) in [4.78, 5) is 19.3. The summed E-state index contributed by atoms with van der Waals surface area (Å²) >= 11 is 5.96. The van der Waals surface area contributed by atoms with Crippen molar-refractivity contribution in [3.05, 3.63) is 58.5 Å². The van der Waals surface area contributed by atoms with Crippen LogP contribution in [0, 0.1) is 6.92 Å². The van der Waals surface area contributed by atoms with Gasteiger partial charge in [-0.05, 0) is 51.3 Å². The minimum Gasteiger partial charge on any atom is -0.385 e. The van der Waals surface area contributed by atoms with E-state index in [-0.39, 0.29) is 18.2 Å². The number of pyridine rings is 1. The third-order valence-electron chi connectivity index (χ3n) is 5.83. The van der Waals surface area contributed by atoms with Gasteiger partial charge in [0.1, 0.15) is 22.8 Å². The highest BCUT2D eigenvalue weighted by Crippen LogP contribution is 2.36. The molecular weight excluding hydrogens is 455 g/mol. The lowest BCUT2D eigenvalue weighted by Crippen LogP contribution is -2.25. The molecule has 1 aliphatic carbocycles. The third kappa shape index (κ3) is 5.73. The monoisotopic (exact) mass is 481 g/mol. The average molecular weight is 482 g/mol. The standard InChI is InChI=1S/C12H15ClO2.C12H12F3N3/c1-3-9(14)8-12(2,15)10-6-4-5-7-11(10)13;1-7-16-9-5-6-10(12(13,14)15)17-11(9)18(7)8-3-2-4-8/h4-7,15H,3,8H2,1-2H3;5-6,8H,2-4H2,1H3. The van der Waals surface area contributed by atoms with Crippen molar-refractivity contribution >= 4 is 28.5 Å². The van der Waals surface area contributed by atoms with E-state index in [9.17, 15) is 23.1 Å². The van der Waals surface area contributed by atoms with Crippen LogP contribution in [-0.4, -0.2) is 25.4 Å². The van der Waals surface area contributed by atoms with Gasteiger partial charge in [0.05, 0.1) is 5.60 Å². The van der Waals surface area contributed by atoms with E-state index in [0.717, 1.165) is 31.2 Å². The number of halogens is 4. The van der Waals surface area contributed by atoms with E-state index in [1.807, 2.05) is 11.5 Å². The largest absolute Gasteiger partial charge is 0.433 e. The molecule has 1 atom stereocenters. The number of Topliss-reactive ketones (excluding diaryl/α,β-unsaturated/α-hetero) is 1. The lowest BCUT2D eigenvalue weighted by atomic mass is 9.90. The van der Waals surface area contributed by atoms with E-state index in [2.05, 4.69) is 9.97 Å². The second-order valence-electron chi connectivity index (χ2n) is 8.47. The molecule has 1 saturated carbocycles. The maximum atomic E-state index is 12.7. The number of aryl methyl sites for hydroxylation is 1. The Hall–Kier alpha value is -2.45. The second kappa shape index (κ2) is 9.81. The Morgan fingerprint density at radius 3 is 2.39 bits per heavy atom. The maximum absolute atomic E-state index is 12.7. The molecule has 0 bridgehead atoms. The summed E-state index contributed by atoms with van der Waals surface area (Å²) in [5.41, 5.74) is -0.533. The summed E-state index contributed by atoms with van der Waals surface area (Å²) in [7, 11) is 0. The Kier molecular flexibility index (Phi) is 7.49. The number of rotatable bonds is 5. The van der Waals surface area contributed by atoms with Crippen molar-refractivity contribution in [1.29, 1.82) is 0 Å². The first-order chi connectivity index (χ1) is 15.4. The first kappa shape index (κ1) is 25.2. The Balaban J connectivity index is 0.000000190. The van der Waals surface area contributed by atoms with Crippen molar-refractivity contribution in [2.75, 3.05) is 0 Å². The zero-order chi connectivity index (χ0) is 24.4. The lowest BCUT2D eigenvalue weighted by molar-refractivity contribution is -0.141. The highest BCUT2D eigenvalue weighted by Gasteiger charge is 2.34. The van der Waals surface area contributed by atoms with Crippen LogP contribution < -0.4 is 0 Å². The zero-order valence-corrected chi connectivity index (χ0v) is 19.5. The second-order valence-corrected chi connectivity index (χ2v) is 8.88. The number of fused-ring (bicyclic) bond motifs is 1. The summed E-state index contributed by atoms with van der Waals surface area (Å²) in [6, 6.07) is 9.68. The molecule has 1 fully saturated rings. The van der Waals surface area contributed by atoms with Gasteiger partial charge in [-0.2, -0.15) is 13.2 Å². The number of aromatic nitrogens is 3. The van der Waals surface area contributed by atoms with Crippen LogP contribution >= 0.6 is 11.6 Å². The van der Waals surface area contributed by atoms with Crippen molar-refractivity contribution in [3.8, 4) is 0 Å². The number of ketones is 1. The number of imidazole rings is 1. The van der Waals surface area contributed by atoms with Gasteiger partial charge in [0.2, 0.25) is 0 Å². The summed E-state index contributed by atoms with van der Waals surface area (Å²) in [5, 5.41) is 10.7. The number of hydrogen-bond acceptors (Lipinski definition) is 4. The quantitative estimate of drug-likeness (QED) is 0.458. The Morgan fingerprint density at radius 1 is 1.18 bits per heavy atom. The van der Waals surface area contributed by atoms with Gasteiger partial charge in [0, 0.05) is 29.5 Å². The molecule has 1 unspecified atom stereocenters. The van der Waals surface area contributed by atoms with Crippen LogP contribution in [0.2, 0.25) is 5.02 Å². The molecule has 0 aliphatic heterocycles. The summed E-state index contributed by atoms with van der Waals surface area (Å²) in [5.74, 6) is 0.765. The third-order valence-corrected chi connectivity index (χ3v) is 6.16. The van der Waals surface area contributed by atoms with Crippen LogP contribution in [0.4, 0.5) is 13.2 Å². The van der Waals surface area contributed by atoms with Crippen LogP contribution in [0.3, 0.4) is 0 Å². The number of carbonyl (C=O) groups excluding carboxylic acids is 1. The fourth-order valence-electron chi connectivity index (χ4n) is 3.83. The van der Waals surface area contributed by atoms with E-state index in [4.69, 9.17) is 11.6 Å². The lowest BCUT2D eigenvalue weighted by Gasteiger charge is -2.28. The molecule has 1 aliphatic rings. The molecule has 178 valence electrons. The van der Waals surface area contributed by atoms with Crippen molar-refractivity contribution in [1.82, 2.24) is 14.5 Å². The molecule has 4 rings (SSSR count). The van der Waals surface area contributed by atoms with Crippen LogP contribution in [0.15, 0.2) is 36.4 Å². The molecule has 9 heteroatoms. The predicted molar refractivity (Wildman–Crippen MR) is 121 cm³/mol. The number of hydrogen-bond donors (Lipinski definition) is 1. The van der Waals surface area contributed by atoms with Crippen LogP contribution in [0.1, 0.15) is 69.1 Å². The van der Waals surface area contributed by atoms with Crippen molar-refractivity contribution in [2.24, 2.45) is 0 Å². The molecule has 2 heterocycles. The fraction of sp³-hybridized carbons (Fsp3) is 0.458. The molecule has 2 aromatic heterocycles. The van der Waals surface area contributed by atoms with Gasteiger partial charge < -0.3 is 9.67 Å². The molecule has 0 saturated heterocycles. The van der Waals surface area contributed by atoms with E-state index in [1.54, 1.807) is 38.1 Å². The normalized spacial score (nSPS) is 16.0. The molecule has 0 spiro atoms. The van der Waals surface area contributed by atoms with E-state index >= 15 is 0 Å². The van der Waals surface area contributed by atoms with Crippen LogP contribution in [0.25, 0.3) is 11.2 Å². The van der Waals surface area contributed by atoms with Gasteiger partial charge in [-0.15, -0.1) is 0 Å². The molecule has 1 aromatic carbocycles. The van der Waals surface area contributed by atoms with Crippen LogP contribution in [-0.2, 0) is 16.6 Å². The van der Waals surface area contributed by atoms with Gasteiger partial charge in [-0.3, -0.25) is 4.79 Å². The van der Waals surface area contributed by atoms with Gasteiger partial charge in [0.15, 0.2) is 5.65 Å². The highest BCUT2D eigenvalue weighted by molar-refractivity contribution is 6.31. The molecular formula is C24H27ClF3N3O2. The highest BCUT2D eigenvalue weighted by atomic mass is 35.5. The van der Waals surface area contributed by atoms with Crippen molar-refractivity contribution in [3.63, 3.8) is 0 Å². The van der Waals surface area contributed by atoms with E-state index in [0.29, 0.717) is 28.2 Å². The minimum absolute atomic E-state index is 0.0277. The molecule has 0 amide bonds. The van der Waals surface area contributed by atoms with Crippen molar-refractivity contribution < 1.29 is 23.1 Å². The summed E-state index contributed by atoms with van der Waals surface area (Å²) < 4.78 is 39.8. The molecule has 1 N–H and O–H groups in total. The molecule has 33 heavy (non-hydrogen) atoms. The van der Waals surface area contributed by atoms with Gasteiger partial charge in [-0.1, -0.05) is 36.7 Å². The van der Waals surface area contributed by atoms with E-state index < -0.39 is 17.5 Å². The predicted octanol–water partition coefficient (Wildman–Crippen LogP) is 6.40. The van der Waals surface area contributed by atoms with Crippen LogP contribution in [0.5, 0.6) is 0 Å². The van der Waals surface area contributed by atoms with Gasteiger partial charge in [-0.25, -0.2) is 9.97 Å². The van der Waals surface area contributed by atoms with E-state index in [1.165, 1.54) is 6.07 Å².